The van der Waals surface area contributed by atoms with Crippen LogP contribution in [0.2, 0.25) is 0 Å². The van der Waals surface area contributed by atoms with Crippen LogP contribution < -0.4 is 15.1 Å². The maximum Gasteiger partial charge on any atom is 0.418 e. The van der Waals surface area contributed by atoms with Gasteiger partial charge in [0.05, 0.1) is 11.1 Å². The lowest BCUT2D eigenvalue weighted by atomic mass is 10.1. The van der Waals surface area contributed by atoms with Gasteiger partial charge < -0.3 is 20.0 Å². The number of likely N-dealkylation sites (N-methyl/N-ethyl adjacent to an activating group) is 1. The SMILES string of the molecule is CN1CCN(c2ccc(Br)cc2C(F)(F)F)CC1.FC(F)(F)c1cc(Br)ccc1N1CCNCC1. The zero-order chi connectivity index (χ0) is 25.8. The van der Waals surface area contributed by atoms with Crippen LogP contribution in [0.3, 0.4) is 0 Å². The van der Waals surface area contributed by atoms with Gasteiger partial charge in [-0.25, -0.2) is 0 Å². The molecule has 0 aliphatic carbocycles. The van der Waals surface area contributed by atoms with Crippen molar-refractivity contribution >= 4 is 43.2 Å². The summed E-state index contributed by atoms with van der Waals surface area (Å²) in [4.78, 5) is 5.68. The lowest BCUT2D eigenvalue weighted by Crippen LogP contribution is -2.45. The van der Waals surface area contributed by atoms with Crippen molar-refractivity contribution in [1.82, 2.24) is 10.2 Å². The standard InChI is InChI=1S/C12H14BrF3N2.C11H12BrF3N2/c1-17-4-6-18(7-5-17)11-3-2-9(13)8-10(11)12(14,15)16;12-8-1-2-10(9(7-8)11(13,14)15)17-5-3-16-4-6-17/h2-3,8H,4-7H2,1H3;1-2,7,16H,3-6H2. The maximum atomic E-state index is 13.0. The van der Waals surface area contributed by atoms with Crippen LogP contribution in [0.25, 0.3) is 0 Å². The number of piperazine rings is 2. The van der Waals surface area contributed by atoms with E-state index in [0.29, 0.717) is 48.2 Å². The van der Waals surface area contributed by atoms with Gasteiger partial charge in [0.15, 0.2) is 0 Å². The Morgan fingerprint density at radius 1 is 0.657 bits per heavy atom. The topological polar surface area (TPSA) is 21.8 Å². The van der Waals surface area contributed by atoms with Crippen molar-refractivity contribution in [1.29, 1.82) is 0 Å². The molecule has 2 fully saturated rings. The van der Waals surface area contributed by atoms with Crippen molar-refractivity contribution in [3.63, 3.8) is 0 Å². The molecule has 12 heteroatoms. The van der Waals surface area contributed by atoms with E-state index in [1.165, 1.54) is 12.1 Å². The van der Waals surface area contributed by atoms with Gasteiger partial charge in [-0.3, -0.25) is 0 Å². The minimum Gasteiger partial charge on any atom is -0.368 e. The van der Waals surface area contributed by atoms with E-state index in [1.54, 1.807) is 21.9 Å². The van der Waals surface area contributed by atoms with Gasteiger partial charge in [-0.15, -0.1) is 0 Å². The van der Waals surface area contributed by atoms with Crippen LogP contribution in [-0.2, 0) is 12.4 Å². The third-order valence-corrected chi connectivity index (χ3v) is 6.82. The Morgan fingerprint density at radius 2 is 1.06 bits per heavy atom. The van der Waals surface area contributed by atoms with Crippen molar-refractivity contribution < 1.29 is 26.3 Å². The molecule has 1 N–H and O–H groups in total. The normalized spacial score (nSPS) is 17.7. The van der Waals surface area contributed by atoms with Crippen LogP contribution >= 0.6 is 31.9 Å². The fourth-order valence-corrected chi connectivity index (χ4v) is 4.70. The number of alkyl halides is 6. The fourth-order valence-electron chi connectivity index (χ4n) is 3.98. The Morgan fingerprint density at radius 3 is 1.46 bits per heavy atom. The first kappa shape index (κ1) is 28.1. The van der Waals surface area contributed by atoms with Crippen LogP contribution in [0.4, 0.5) is 37.7 Å². The molecule has 2 heterocycles. The third-order valence-electron chi connectivity index (χ3n) is 5.83. The number of halogens is 8. The van der Waals surface area contributed by atoms with E-state index < -0.39 is 23.5 Å². The first-order valence-electron chi connectivity index (χ1n) is 11.0. The zero-order valence-electron chi connectivity index (χ0n) is 19.0. The van der Waals surface area contributed by atoms with Gasteiger partial charge >= 0.3 is 12.4 Å². The van der Waals surface area contributed by atoms with E-state index in [2.05, 4.69) is 42.1 Å². The number of nitrogens with one attached hydrogen (secondary N) is 1. The Hall–Kier alpha value is -1.50. The Kier molecular flexibility index (Phi) is 9.39. The largest absolute Gasteiger partial charge is 0.418 e. The smallest absolute Gasteiger partial charge is 0.368 e. The van der Waals surface area contributed by atoms with Crippen molar-refractivity contribution in [3.8, 4) is 0 Å². The first-order chi connectivity index (χ1) is 16.4. The van der Waals surface area contributed by atoms with E-state index in [4.69, 9.17) is 0 Å². The summed E-state index contributed by atoms with van der Waals surface area (Å²) in [5, 5.41) is 3.12. The molecule has 2 aliphatic rings. The molecule has 4 rings (SSSR count). The summed E-state index contributed by atoms with van der Waals surface area (Å²) in [6.07, 6.45) is -8.63. The van der Waals surface area contributed by atoms with Gasteiger partial charge in [-0.05, 0) is 43.4 Å². The second-order valence-corrected chi connectivity index (χ2v) is 10.2. The molecule has 0 radical (unpaired) electrons. The summed E-state index contributed by atoms with van der Waals surface area (Å²) in [7, 11) is 1.98. The van der Waals surface area contributed by atoms with Gasteiger partial charge in [0.2, 0.25) is 0 Å². The second-order valence-electron chi connectivity index (χ2n) is 8.35. The van der Waals surface area contributed by atoms with E-state index >= 15 is 0 Å². The van der Waals surface area contributed by atoms with Crippen LogP contribution in [0.15, 0.2) is 45.3 Å². The van der Waals surface area contributed by atoms with Gasteiger partial charge in [0.1, 0.15) is 0 Å². The summed E-state index contributed by atoms with van der Waals surface area (Å²) in [5.74, 6) is 0. The molecule has 0 aromatic heterocycles. The minimum absolute atomic E-state index is 0.266. The highest BCUT2D eigenvalue weighted by molar-refractivity contribution is 9.10. The van der Waals surface area contributed by atoms with Crippen LogP contribution in [0, 0.1) is 0 Å². The third kappa shape index (κ3) is 7.74. The van der Waals surface area contributed by atoms with E-state index in [-0.39, 0.29) is 11.4 Å². The van der Waals surface area contributed by atoms with Crippen LogP contribution in [-0.4, -0.2) is 64.3 Å². The summed E-state index contributed by atoms with van der Waals surface area (Å²) < 4.78 is 78.7. The molecule has 194 valence electrons. The molecule has 0 spiro atoms. The summed E-state index contributed by atoms with van der Waals surface area (Å²) in [5.41, 5.74) is -0.601. The number of hydrogen-bond acceptors (Lipinski definition) is 4. The van der Waals surface area contributed by atoms with Gasteiger partial charge in [0, 0.05) is 72.7 Å². The maximum absolute atomic E-state index is 13.0. The molecule has 35 heavy (non-hydrogen) atoms. The Balaban J connectivity index is 0.000000196. The summed E-state index contributed by atoms with van der Waals surface area (Å²) in [6.45, 7) is 5.46. The second kappa shape index (κ2) is 11.7. The molecule has 2 aromatic carbocycles. The molecule has 0 bridgehead atoms. The van der Waals surface area contributed by atoms with Gasteiger partial charge in [0.25, 0.3) is 0 Å². The van der Waals surface area contributed by atoms with E-state index in [9.17, 15) is 26.3 Å². The molecule has 2 aromatic rings. The monoisotopic (exact) mass is 630 g/mol. The zero-order valence-corrected chi connectivity index (χ0v) is 22.2. The fraction of sp³-hybridized carbons (Fsp3) is 0.478. The van der Waals surface area contributed by atoms with Crippen molar-refractivity contribution in [3.05, 3.63) is 56.5 Å². The van der Waals surface area contributed by atoms with Crippen LogP contribution in [0.1, 0.15) is 11.1 Å². The molecule has 4 nitrogen and oxygen atoms in total. The highest BCUT2D eigenvalue weighted by Gasteiger charge is 2.36. The Bertz CT molecular complexity index is 985. The van der Waals surface area contributed by atoms with Gasteiger partial charge in [-0.2, -0.15) is 26.3 Å². The molecule has 0 amide bonds. The van der Waals surface area contributed by atoms with Crippen molar-refractivity contribution in [2.24, 2.45) is 0 Å². The highest BCUT2D eigenvalue weighted by Crippen LogP contribution is 2.39. The van der Waals surface area contributed by atoms with Crippen molar-refractivity contribution in [2.45, 2.75) is 12.4 Å². The van der Waals surface area contributed by atoms with E-state index in [0.717, 1.165) is 25.2 Å². The first-order valence-corrected chi connectivity index (χ1v) is 12.6. The van der Waals surface area contributed by atoms with Crippen LogP contribution in [0.5, 0.6) is 0 Å². The number of anilines is 2. The quantitative estimate of drug-likeness (QED) is 0.405. The molecule has 0 atom stereocenters. The Labute approximate surface area is 217 Å². The number of rotatable bonds is 2. The molecular formula is C23H26Br2F6N4. The molecule has 0 unspecified atom stereocenters. The molecule has 0 saturated carbocycles. The minimum atomic E-state index is -4.32. The number of hydrogen-bond donors (Lipinski definition) is 1. The molecule has 2 aliphatic heterocycles. The predicted octanol–water partition coefficient (Wildman–Crippen LogP) is 6.10. The highest BCUT2D eigenvalue weighted by atomic mass is 79.9. The predicted molar refractivity (Wildman–Crippen MR) is 133 cm³/mol. The lowest BCUT2D eigenvalue weighted by molar-refractivity contribution is -0.138. The number of benzene rings is 2. The number of nitrogens with zero attached hydrogens (tertiary/aromatic N) is 3. The average Bonchev–Trinajstić information content (AvgIpc) is 2.79. The summed E-state index contributed by atoms with van der Waals surface area (Å²) >= 11 is 6.18. The average molecular weight is 632 g/mol. The van der Waals surface area contributed by atoms with Crippen molar-refractivity contribution in [2.75, 3.05) is 69.2 Å². The molecular weight excluding hydrogens is 606 g/mol. The summed E-state index contributed by atoms with van der Waals surface area (Å²) in [6, 6.07) is 8.65. The molecule has 2 saturated heterocycles. The van der Waals surface area contributed by atoms with E-state index in [1.807, 2.05) is 7.05 Å². The lowest BCUT2D eigenvalue weighted by Gasteiger charge is -2.35. The van der Waals surface area contributed by atoms with Gasteiger partial charge in [-0.1, -0.05) is 31.9 Å².